The first kappa shape index (κ1) is 12.5. The third-order valence-electron chi connectivity index (χ3n) is 3.05. The summed E-state index contributed by atoms with van der Waals surface area (Å²) < 4.78 is 10.8. The van der Waals surface area contributed by atoms with E-state index in [2.05, 4.69) is 14.9 Å². The van der Waals surface area contributed by atoms with Crippen LogP contribution < -0.4 is 0 Å². The van der Waals surface area contributed by atoms with E-state index in [1.807, 2.05) is 6.20 Å². The van der Waals surface area contributed by atoms with E-state index < -0.39 is 0 Å². The topological polar surface area (TPSA) is 50.4 Å². The van der Waals surface area contributed by atoms with Gasteiger partial charge in [-0.25, -0.2) is 4.98 Å². The summed E-state index contributed by atoms with van der Waals surface area (Å²) in [5, 5.41) is 0. The molecule has 0 bridgehead atoms. The number of nitrogens with zero attached hydrogens (tertiary/aromatic N) is 2. The average molecular weight is 239 g/mol. The molecular weight excluding hydrogens is 218 g/mol. The van der Waals surface area contributed by atoms with Crippen molar-refractivity contribution in [1.82, 2.24) is 14.9 Å². The average Bonchev–Trinajstić information content (AvgIpc) is 2.83. The van der Waals surface area contributed by atoms with Crippen LogP contribution >= 0.6 is 0 Å². The molecule has 2 rings (SSSR count). The van der Waals surface area contributed by atoms with Crippen LogP contribution in [0.4, 0.5) is 0 Å². The van der Waals surface area contributed by atoms with Gasteiger partial charge in [0.1, 0.15) is 0 Å². The lowest BCUT2D eigenvalue weighted by Gasteiger charge is -2.32. The molecule has 0 unspecified atom stereocenters. The standard InChI is InChI=1S/C12H21N3O2/c1-16-5-6-17-12-3-2-4-15(9-12)8-11-7-13-10-14-11/h7,10,12H,2-6,8-9H2,1H3,(H,13,14)/t12-/m1/s1. The van der Waals surface area contributed by atoms with Crippen molar-refractivity contribution < 1.29 is 9.47 Å². The third kappa shape index (κ3) is 4.11. The number of likely N-dealkylation sites (tertiary alicyclic amines) is 1. The first-order valence-electron chi connectivity index (χ1n) is 6.18. The van der Waals surface area contributed by atoms with Crippen LogP contribution in [0.1, 0.15) is 18.5 Å². The van der Waals surface area contributed by atoms with Crippen molar-refractivity contribution in [2.45, 2.75) is 25.5 Å². The van der Waals surface area contributed by atoms with Crippen LogP contribution in [0.25, 0.3) is 0 Å². The molecule has 0 amide bonds. The maximum absolute atomic E-state index is 5.78. The van der Waals surface area contributed by atoms with Gasteiger partial charge < -0.3 is 14.5 Å². The monoisotopic (exact) mass is 239 g/mol. The minimum atomic E-state index is 0.349. The smallest absolute Gasteiger partial charge is 0.0922 e. The maximum Gasteiger partial charge on any atom is 0.0922 e. The Morgan fingerprint density at radius 2 is 2.47 bits per heavy atom. The molecular formula is C12H21N3O2. The molecule has 1 aromatic heterocycles. The first-order valence-corrected chi connectivity index (χ1v) is 6.18. The van der Waals surface area contributed by atoms with E-state index in [-0.39, 0.29) is 0 Å². The number of aromatic nitrogens is 2. The summed E-state index contributed by atoms with van der Waals surface area (Å²) in [4.78, 5) is 9.59. The summed E-state index contributed by atoms with van der Waals surface area (Å²) in [5.41, 5.74) is 1.17. The Morgan fingerprint density at radius 1 is 1.53 bits per heavy atom. The zero-order chi connectivity index (χ0) is 11.9. The van der Waals surface area contributed by atoms with Crippen molar-refractivity contribution in [3.8, 4) is 0 Å². The molecule has 1 saturated heterocycles. The number of methoxy groups -OCH3 is 1. The predicted octanol–water partition coefficient (Wildman–Crippen LogP) is 1.04. The second-order valence-corrected chi connectivity index (χ2v) is 4.44. The van der Waals surface area contributed by atoms with Gasteiger partial charge in [0.2, 0.25) is 0 Å². The number of hydrogen-bond acceptors (Lipinski definition) is 4. The highest BCUT2D eigenvalue weighted by molar-refractivity contribution is 4.94. The van der Waals surface area contributed by atoms with Crippen molar-refractivity contribution in [3.05, 3.63) is 18.2 Å². The molecule has 2 heterocycles. The lowest BCUT2D eigenvalue weighted by atomic mass is 10.1. The second-order valence-electron chi connectivity index (χ2n) is 4.44. The van der Waals surface area contributed by atoms with Gasteiger partial charge in [-0.15, -0.1) is 0 Å². The van der Waals surface area contributed by atoms with Gasteiger partial charge in [0, 0.05) is 32.1 Å². The van der Waals surface area contributed by atoms with Gasteiger partial charge in [-0.3, -0.25) is 4.90 Å². The van der Waals surface area contributed by atoms with Gasteiger partial charge in [0.05, 0.1) is 25.6 Å². The number of nitrogens with one attached hydrogen (secondary N) is 1. The van der Waals surface area contributed by atoms with E-state index in [1.165, 1.54) is 12.1 Å². The van der Waals surface area contributed by atoms with Crippen molar-refractivity contribution >= 4 is 0 Å². The Kier molecular flexibility index (Phi) is 4.97. The molecule has 1 aliphatic heterocycles. The quantitative estimate of drug-likeness (QED) is 0.754. The van der Waals surface area contributed by atoms with Crippen molar-refractivity contribution in [3.63, 3.8) is 0 Å². The molecule has 0 radical (unpaired) electrons. The number of ether oxygens (including phenoxy) is 2. The highest BCUT2D eigenvalue weighted by Gasteiger charge is 2.20. The van der Waals surface area contributed by atoms with Gasteiger partial charge >= 0.3 is 0 Å². The molecule has 1 atom stereocenters. The Bertz CT molecular complexity index is 303. The first-order chi connectivity index (χ1) is 8.38. The Labute approximate surface area is 102 Å². The highest BCUT2D eigenvalue weighted by Crippen LogP contribution is 2.15. The largest absolute Gasteiger partial charge is 0.382 e. The summed E-state index contributed by atoms with van der Waals surface area (Å²) in [6.45, 7) is 4.45. The molecule has 17 heavy (non-hydrogen) atoms. The van der Waals surface area contributed by atoms with Crippen LogP contribution in [-0.2, 0) is 16.0 Å². The molecule has 1 aromatic rings. The molecule has 1 aliphatic rings. The lowest BCUT2D eigenvalue weighted by Crippen LogP contribution is -2.39. The van der Waals surface area contributed by atoms with Crippen molar-refractivity contribution in [2.75, 3.05) is 33.4 Å². The van der Waals surface area contributed by atoms with E-state index in [4.69, 9.17) is 9.47 Å². The van der Waals surface area contributed by atoms with Gasteiger partial charge in [0.15, 0.2) is 0 Å². The van der Waals surface area contributed by atoms with Crippen LogP contribution in [-0.4, -0.2) is 54.4 Å². The fraction of sp³-hybridized carbons (Fsp3) is 0.750. The number of hydrogen-bond donors (Lipinski definition) is 1. The molecule has 96 valence electrons. The van der Waals surface area contributed by atoms with Gasteiger partial charge in [-0.05, 0) is 19.4 Å². The van der Waals surface area contributed by atoms with E-state index >= 15 is 0 Å². The predicted molar refractivity (Wildman–Crippen MR) is 64.7 cm³/mol. The maximum atomic E-state index is 5.78. The lowest BCUT2D eigenvalue weighted by molar-refractivity contribution is -0.0226. The van der Waals surface area contributed by atoms with Gasteiger partial charge in [-0.1, -0.05) is 0 Å². The molecule has 0 saturated carbocycles. The zero-order valence-electron chi connectivity index (χ0n) is 10.4. The number of H-pyrrole nitrogens is 1. The second kappa shape index (κ2) is 6.74. The SMILES string of the molecule is COCCO[C@@H]1CCCN(Cc2cnc[nH]2)C1. The number of aromatic amines is 1. The molecule has 0 aliphatic carbocycles. The van der Waals surface area contributed by atoms with E-state index in [0.717, 1.165) is 26.1 Å². The van der Waals surface area contributed by atoms with Crippen molar-refractivity contribution in [1.29, 1.82) is 0 Å². The fourth-order valence-corrected chi connectivity index (χ4v) is 2.20. The normalized spacial score (nSPS) is 21.8. The zero-order valence-corrected chi connectivity index (χ0v) is 10.4. The minimum Gasteiger partial charge on any atom is -0.382 e. The molecule has 0 spiro atoms. The molecule has 1 N–H and O–H groups in total. The van der Waals surface area contributed by atoms with Crippen LogP contribution in [0, 0.1) is 0 Å². The van der Waals surface area contributed by atoms with Gasteiger partial charge in [-0.2, -0.15) is 0 Å². The highest BCUT2D eigenvalue weighted by atomic mass is 16.5. The van der Waals surface area contributed by atoms with Crippen LogP contribution in [0.15, 0.2) is 12.5 Å². The molecule has 5 nitrogen and oxygen atoms in total. The Hall–Kier alpha value is -0.910. The summed E-state index contributed by atoms with van der Waals surface area (Å²) in [7, 11) is 1.70. The fourth-order valence-electron chi connectivity index (χ4n) is 2.20. The molecule has 0 aromatic carbocycles. The number of piperidine rings is 1. The number of rotatable bonds is 6. The third-order valence-corrected chi connectivity index (χ3v) is 3.05. The van der Waals surface area contributed by atoms with E-state index in [1.54, 1.807) is 13.4 Å². The molecule has 5 heteroatoms. The van der Waals surface area contributed by atoms with Crippen LogP contribution in [0.2, 0.25) is 0 Å². The molecule has 1 fully saturated rings. The van der Waals surface area contributed by atoms with E-state index in [0.29, 0.717) is 19.3 Å². The number of imidazole rings is 1. The van der Waals surface area contributed by atoms with Gasteiger partial charge in [0.25, 0.3) is 0 Å². The van der Waals surface area contributed by atoms with Crippen LogP contribution in [0.3, 0.4) is 0 Å². The van der Waals surface area contributed by atoms with E-state index in [9.17, 15) is 0 Å². The Balaban J connectivity index is 1.72. The van der Waals surface area contributed by atoms with Crippen molar-refractivity contribution in [2.24, 2.45) is 0 Å². The summed E-state index contributed by atoms with van der Waals surface area (Å²) in [6, 6.07) is 0. The summed E-state index contributed by atoms with van der Waals surface area (Å²) in [6.07, 6.45) is 6.32. The summed E-state index contributed by atoms with van der Waals surface area (Å²) in [5.74, 6) is 0. The van der Waals surface area contributed by atoms with Crippen LogP contribution in [0.5, 0.6) is 0 Å². The minimum absolute atomic E-state index is 0.349. The Morgan fingerprint density at radius 3 is 3.24 bits per heavy atom. The summed E-state index contributed by atoms with van der Waals surface area (Å²) >= 11 is 0.